The molecule has 0 aliphatic carbocycles. The van der Waals surface area contributed by atoms with E-state index in [9.17, 15) is 24.6 Å². The van der Waals surface area contributed by atoms with Gasteiger partial charge in [0.15, 0.2) is 0 Å². The zero-order valence-corrected chi connectivity index (χ0v) is 11.7. The van der Waals surface area contributed by atoms with E-state index in [1.54, 1.807) is 0 Å². The van der Waals surface area contributed by atoms with Crippen LogP contribution in [0.4, 0.5) is 15.8 Å². The lowest BCUT2D eigenvalue weighted by Crippen LogP contribution is -1.96. The largest absolute Gasteiger partial charge is 0.450 e. The summed E-state index contributed by atoms with van der Waals surface area (Å²) in [5, 5.41) is 21.6. The highest BCUT2D eigenvalue weighted by atomic mass is 79.9. The molecule has 0 saturated carbocycles. The molecule has 108 valence electrons. The van der Waals surface area contributed by atoms with E-state index in [-0.39, 0.29) is 16.0 Å². The molecule has 0 amide bonds. The Kier molecular flexibility index (Phi) is 4.13. The molecular formula is C12H6BrFN2O5. The van der Waals surface area contributed by atoms with Crippen molar-refractivity contribution in [2.75, 3.05) is 0 Å². The number of halogens is 2. The summed E-state index contributed by atoms with van der Waals surface area (Å²) < 4.78 is 18.5. The first-order chi connectivity index (χ1) is 9.88. The SMILES string of the molecule is O=[N+]([O-])c1ccc(Oc2ccc(F)c(Br)c2)c([N+](=O)[O-])c1. The summed E-state index contributed by atoms with van der Waals surface area (Å²) in [7, 11) is 0. The van der Waals surface area contributed by atoms with Crippen LogP contribution in [0, 0.1) is 26.0 Å². The molecular weight excluding hydrogens is 351 g/mol. The third kappa shape index (κ3) is 3.31. The van der Waals surface area contributed by atoms with Crippen molar-refractivity contribution in [3.05, 3.63) is 66.9 Å². The van der Waals surface area contributed by atoms with Crippen LogP contribution in [0.15, 0.2) is 40.9 Å². The van der Waals surface area contributed by atoms with E-state index in [2.05, 4.69) is 15.9 Å². The van der Waals surface area contributed by atoms with E-state index in [0.29, 0.717) is 0 Å². The minimum Gasteiger partial charge on any atom is -0.450 e. The summed E-state index contributed by atoms with van der Waals surface area (Å²) in [4.78, 5) is 20.0. The maximum atomic E-state index is 13.1. The van der Waals surface area contributed by atoms with Gasteiger partial charge in [0.05, 0.1) is 20.4 Å². The van der Waals surface area contributed by atoms with Crippen LogP contribution in [0.1, 0.15) is 0 Å². The average molecular weight is 357 g/mol. The molecule has 0 aromatic heterocycles. The van der Waals surface area contributed by atoms with Gasteiger partial charge in [-0.25, -0.2) is 4.39 Å². The van der Waals surface area contributed by atoms with E-state index in [0.717, 1.165) is 24.3 Å². The molecule has 2 aromatic carbocycles. The van der Waals surface area contributed by atoms with Crippen LogP contribution >= 0.6 is 15.9 Å². The molecule has 21 heavy (non-hydrogen) atoms. The second-order valence-electron chi connectivity index (χ2n) is 3.84. The first kappa shape index (κ1) is 14.9. The van der Waals surface area contributed by atoms with Crippen LogP contribution in [0.2, 0.25) is 0 Å². The summed E-state index contributed by atoms with van der Waals surface area (Å²) in [6.07, 6.45) is 0. The van der Waals surface area contributed by atoms with Gasteiger partial charge in [-0.2, -0.15) is 0 Å². The Bertz CT molecular complexity index is 738. The zero-order valence-electron chi connectivity index (χ0n) is 10.2. The molecule has 0 N–H and O–H groups in total. The average Bonchev–Trinajstić information content (AvgIpc) is 2.43. The number of nitrogens with zero attached hydrogens (tertiary/aromatic N) is 2. The summed E-state index contributed by atoms with van der Waals surface area (Å²) in [5.74, 6) is -0.537. The second-order valence-corrected chi connectivity index (χ2v) is 4.70. The molecule has 9 heteroatoms. The Morgan fingerprint density at radius 3 is 2.33 bits per heavy atom. The minimum atomic E-state index is -0.791. The molecule has 0 spiro atoms. The standard InChI is InChI=1S/C12H6BrFN2O5/c13-9-6-8(2-3-10(9)14)21-12-4-1-7(15(17)18)5-11(12)16(19)20/h1-6H. The van der Waals surface area contributed by atoms with Crippen LogP contribution in [-0.2, 0) is 0 Å². The lowest BCUT2D eigenvalue weighted by Gasteiger charge is -2.06. The fraction of sp³-hybridized carbons (Fsp3) is 0. The molecule has 0 unspecified atom stereocenters. The Morgan fingerprint density at radius 1 is 1.05 bits per heavy atom. The van der Waals surface area contributed by atoms with Gasteiger partial charge in [-0.15, -0.1) is 0 Å². The fourth-order valence-electron chi connectivity index (χ4n) is 1.52. The van der Waals surface area contributed by atoms with Gasteiger partial charge in [0.25, 0.3) is 5.69 Å². The Hall–Kier alpha value is -2.55. The zero-order chi connectivity index (χ0) is 15.6. The first-order valence-electron chi connectivity index (χ1n) is 5.44. The van der Waals surface area contributed by atoms with E-state index >= 15 is 0 Å². The number of nitro benzene ring substituents is 2. The highest BCUT2D eigenvalue weighted by Crippen LogP contribution is 2.35. The van der Waals surface area contributed by atoms with Gasteiger partial charge in [-0.3, -0.25) is 20.2 Å². The minimum absolute atomic E-state index is 0.129. The van der Waals surface area contributed by atoms with Crippen molar-refractivity contribution in [3.63, 3.8) is 0 Å². The number of nitro groups is 2. The van der Waals surface area contributed by atoms with Gasteiger partial charge in [0.1, 0.15) is 11.6 Å². The number of hydrogen-bond acceptors (Lipinski definition) is 5. The van der Waals surface area contributed by atoms with Gasteiger partial charge < -0.3 is 4.74 Å². The van der Waals surface area contributed by atoms with Crippen molar-refractivity contribution < 1.29 is 19.0 Å². The lowest BCUT2D eigenvalue weighted by atomic mass is 10.2. The maximum absolute atomic E-state index is 13.1. The summed E-state index contributed by atoms with van der Waals surface area (Å²) in [6.45, 7) is 0. The van der Waals surface area contributed by atoms with Gasteiger partial charge in [0, 0.05) is 6.07 Å². The lowest BCUT2D eigenvalue weighted by molar-refractivity contribution is -0.394. The molecule has 2 aromatic rings. The third-order valence-corrected chi connectivity index (χ3v) is 3.08. The highest BCUT2D eigenvalue weighted by Gasteiger charge is 2.21. The van der Waals surface area contributed by atoms with Crippen LogP contribution in [0.25, 0.3) is 0 Å². The van der Waals surface area contributed by atoms with Crippen molar-refractivity contribution >= 4 is 27.3 Å². The number of hydrogen-bond donors (Lipinski definition) is 0. The summed E-state index contributed by atoms with van der Waals surface area (Å²) >= 11 is 2.96. The smallest absolute Gasteiger partial charge is 0.318 e. The third-order valence-electron chi connectivity index (χ3n) is 2.47. The predicted molar refractivity (Wildman–Crippen MR) is 73.9 cm³/mol. The molecule has 0 radical (unpaired) electrons. The molecule has 7 nitrogen and oxygen atoms in total. The molecule has 0 atom stereocenters. The van der Waals surface area contributed by atoms with E-state index < -0.39 is 27.0 Å². The molecule has 0 heterocycles. The summed E-state index contributed by atoms with van der Waals surface area (Å²) in [5.41, 5.74) is -0.973. The number of rotatable bonds is 4. The first-order valence-corrected chi connectivity index (χ1v) is 6.23. The van der Waals surface area contributed by atoms with E-state index in [1.165, 1.54) is 12.1 Å². The van der Waals surface area contributed by atoms with Crippen LogP contribution < -0.4 is 4.74 Å². The van der Waals surface area contributed by atoms with E-state index in [1.807, 2.05) is 0 Å². The topological polar surface area (TPSA) is 95.5 Å². The number of benzene rings is 2. The normalized spacial score (nSPS) is 10.2. The van der Waals surface area contributed by atoms with Gasteiger partial charge in [-0.05, 0) is 40.2 Å². The molecule has 0 bridgehead atoms. The molecule has 0 saturated heterocycles. The molecule has 0 fully saturated rings. The number of ether oxygens (including phenoxy) is 1. The highest BCUT2D eigenvalue weighted by molar-refractivity contribution is 9.10. The second kappa shape index (κ2) is 5.83. The Morgan fingerprint density at radius 2 is 1.76 bits per heavy atom. The predicted octanol–water partition coefficient (Wildman–Crippen LogP) is 4.20. The Balaban J connectivity index is 2.41. The summed E-state index contributed by atoms with van der Waals surface area (Å²) in [6, 6.07) is 6.70. The van der Waals surface area contributed by atoms with Gasteiger partial charge in [-0.1, -0.05) is 0 Å². The van der Waals surface area contributed by atoms with Crippen LogP contribution in [0.5, 0.6) is 11.5 Å². The van der Waals surface area contributed by atoms with Crippen LogP contribution in [0.3, 0.4) is 0 Å². The van der Waals surface area contributed by atoms with E-state index in [4.69, 9.17) is 4.74 Å². The maximum Gasteiger partial charge on any atom is 0.318 e. The molecule has 2 rings (SSSR count). The van der Waals surface area contributed by atoms with Crippen molar-refractivity contribution in [3.8, 4) is 11.5 Å². The van der Waals surface area contributed by atoms with Crippen molar-refractivity contribution in [1.82, 2.24) is 0 Å². The molecule has 0 aliphatic heterocycles. The molecule has 0 aliphatic rings. The van der Waals surface area contributed by atoms with Crippen molar-refractivity contribution in [2.24, 2.45) is 0 Å². The monoisotopic (exact) mass is 356 g/mol. The van der Waals surface area contributed by atoms with Gasteiger partial charge >= 0.3 is 5.69 Å². The van der Waals surface area contributed by atoms with Crippen LogP contribution in [-0.4, -0.2) is 9.85 Å². The van der Waals surface area contributed by atoms with Crippen molar-refractivity contribution in [1.29, 1.82) is 0 Å². The van der Waals surface area contributed by atoms with Crippen molar-refractivity contribution in [2.45, 2.75) is 0 Å². The number of non-ortho nitro benzene ring substituents is 1. The Labute approximate surface area is 125 Å². The van der Waals surface area contributed by atoms with Gasteiger partial charge in [0.2, 0.25) is 5.75 Å². The quantitative estimate of drug-likeness (QED) is 0.604. The fourth-order valence-corrected chi connectivity index (χ4v) is 1.87.